The zero-order chi connectivity index (χ0) is 10.6. The Morgan fingerprint density at radius 2 is 1.93 bits per heavy atom. The molecule has 1 heterocycles. The van der Waals surface area contributed by atoms with Crippen molar-refractivity contribution in [3.8, 4) is 0 Å². The van der Waals surface area contributed by atoms with Crippen molar-refractivity contribution in [2.75, 3.05) is 0 Å². The molecule has 0 aliphatic heterocycles. The number of pyridine rings is 1. The first kappa shape index (κ1) is 11.2. The van der Waals surface area contributed by atoms with Gasteiger partial charge in [-0.1, -0.05) is 46.6 Å². The smallest absolute Gasteiger partial charge is 0.0437 e. The van der Waals surface area contributed by atoms with Gasteiger partial charge in [0, 0.05) is 17.8 Å². The summed E-state index contributed by atoms with van der Waals surface area (Å²) >= 11 is 0. The Balaban J connectivity index is 2.89. The van der Waals surface area contributed by atoms with Crippen molar-refractivity contribution in [3.05, 3.63) is 30.1 Å². The molecule has 0 saturated heterocycles. The molecule has 1 heteroatoms. The summed E-state index contributed by atoms with van der Waals surface area (Å²) in [6.45, 7) is 9.17. The number of aromatic nitrogens is 1. The lowest BCUT2D eigenvalue weighted by Crippen LogP contribution is -2.22. The van der Waals surface area contributed by atoms with Crippen LogP contribution in [0.15, 0.2) is 24.4 Å². The molecule has 0 radical (unpaired) electrons. The van der Waals surface area contributed by atoms with E-state index in [0.29, 0.717) is 11.3 Å². The van der Waals surface area contributed by atoms with Crippen LogP contribution in [0.2, 0.25) is 0 Å². The van der Waals surface area contributed by atoms with Crippen molar-refractivity contribution in [1.29, 1.82) is 0 Å². The predicted octanol–water partition coefficient (Wildman–Crippen LogP) is 4.01. The van der Waals surface area contributed by atoms with Crippen molar-refractivity contribution in [1.82, 2.24) is 4.98 Å². The maximum atomic E-state index is 4.44. The third-order valence-electron chi connectivity index (χ3n) is 3.79. The summed E-state index contributed by atoms with van der Waals surface area (Å²) in [6, 6.07) is 6.18. The van der Waals surface area contributed by atoms with Gasteiger partial charge < -0.3 is 0 Å². The quantitative estimate of drug-likeness (QED) is 0.700. The summed E-state index contributed by atoms with van der Waals surface area (Å²) in [6.07, 6.45) is 4.31. The van der Waals surface area contributed by atoms with Gasteiger partial charge in [0.15, 0.2) is 0 Å². The molecule has 14 heavy (non-hydrogen) atoms. The maximum Gasteiger partial charge on any atom is 0.0437 e. The first-order valence-electron chi connectivity index (χ1n) is 5.55. The molecular weight excluding hydrogens is 170 g/mol. The summed E-state index contributed by atoms with van der Waals surface area (Å²) < 4.78 is 0. The van der Waals surface area contributed by atoms with E-state index in [4.69, 9.17) is 0 Å². The van der Waals surface area contributed by atoms with Gasteiger partial charge in [0.05, 0.1) is 0 Å². The lowest BCUT2D eigenvalue weighted by atomic mass is 9.72. The van der Waals surface area contributed by atoms with E-state index in [1.165, 1.54) is 18.5 Å². The van der Waals surface area contributed by atoms with Crippen LogP contribution in [-0.4, -0.2) is 4.98 Å². The molecule has 1 nitrogen and oxygen atoms in total. The van der Waals surface area contributed by atoms with Crippen LogP contribution >= 0.6 is 0 Å². The molecule has 1 aromatic rings. The molecule has 1 aromatic heterocycles. The summed E-state index contributed by atoms with van der Waals surface area (Å²) in [4.78, 5) is 4.44. The third kappa shape index (κ3) is 2.14. The Hall–Kier alpha value is -0.850. The number of rotatable bonds is 4. The van der Waals surface area contributed by atoms with Gasteiger partial charge in [-0.2, -0.15) is 0 Å². The SMILES string of the molecule is CCC(C)(CC)C(C)c1ccccn1. The van der Waals surface area contributed by atoms with Crippen LogP contribution in [0.1, 0.15) is 52.1 Å². The molecule has 1 rings (SSSR count). The molecule has 0 aliphatic carbocycles. The van der Waals surface area contributed by atoms with Crippen LogP contribution < -0.4 is 0 Å². The molecular formula is C13H21N. The van der Waals surface area contributed by atoms with Gasteiger partial charge in [-0.25, -0.2) is 0 Å². The van der Waals surface area contributed by atoms with Gasteiger partial charge in [0.2, 0.25) is 0 Å². The Kier molecular flexibility index (Phi) is 3.68. The standard InChI is InChI=1S/C13H21N/c1-5-13(4,6-2)11(3)12-9-7-8-10-14-12/h7-11H,5-6H2,1-4H3. The van der Waals surface area contributed by atoms with Crippen LogP contribution in [0.3, 0.4) is 0 Å². The normalized spacial score (nSPS) is 14.0. The van der Waals surface area contributed by atoms with Crippen molar-refractivity contribution < 1.29 is 0 Å². The highest BCUT2D eigenvalue weighted by atomic mass is 14.7. The van der Waals surface area contributed by atoms with Crippen LogP contribution in [0.25, 0.3) is 0 Å². The Labute approximate surface area is 87.6 Å². The summed E-state index contributed by atoms with van der Waals surface area (Å²) in [5.74, 6) is 0.540. The van der Waals surface area contributed by atoms with E-state index in [-0.39, 0.29) is 0 Å². The van der Waals surface area contributed by atoms with Gasteiger partial charge in [-0.05, 0) is 17.5 Å². The van der Waals surface area contributed by atoms with E-state index in [9.17, 15) is 0 Å². The second kappa shape index (κ2) is 4.59. The van der Waals surface area contributed by atoms with E-state index < -0.39 is 0 Å². The van der Waals surface area contributed by atoms with Crippen LogP contribution in [0.5, 0.6) is 0 Å². The van der Waals surface area contributed by atoms with E-state index >= 15 is 0 Å². The van der Waals surface area contributed by atoms with Gasteiger partial charge in [0.1, 0.15) is 0 Å². The van der Waals surface area contributed by atoms with E-state index in [1.807, 2.05) is 12.3 Å². The average Bonchev–Trinajstić information content (AvgIpc) is 2.28. The zero-order valence-corrected chi connectivity index (χ0v) is 9.75. The highest BCUT2D eigenvalue weighted by molar-refractivity contribution is 5.11. The van der Waals surface area contributed by atoms with Crippen molar-refractivity contribution in [3.63, 3.8) is 0 Å². The fourth-order valence-electron chi connectivity index (χ4n) is 1.85. The summed E-state index contributed by atoms with van der Waals surface area (Å²) in [5, 5.41) is 0. The number of hydrogen-bond acceptors (Lipinski definition) is 1. The minimum Gasteiger partial charge on any atom is -0.261 e. The molecule has 1 unspecified atom stereocenters. The Bertz CT molecular complexity index is 262. The number of hydrogen-bond donors (Lipinski definition) is 0. The first-order valence-corrected chi connectivity index (χ1v) is 5.55. The number of nitrogens with zero attached hydrogens (tertiary/aromatic N) is 1. The average molecular weight is 191 g/mol. The maximum absolute atomic E-state index is 4.44. The minimum absolute atomic E-state index is 0.383. The molecule has 0 N–H and O–H groups in total. The van der Waals surface area contributed by atoms with Crippen LogP contribution in [-0.2, 0) is 0 Å². The van der Waals surface area contributed by atoms with Crippen molar-refractivity contribution >= 4 is 0 Å². The van der Waals surface area contributed by atoms with Gasteiger partial charge in [-0.3, -0.25) is 4.98 Å². The molecule has 0 saturated carbocycles. The van der Waals surface area contributed by atoms with Crippen molar-refractivity contribution in [2.24, 2.45) is 5.41 Å². The van der Waals surface area contributed by atoms with E-state index in [0.717, 1.165) is 0 Å². The molecule has 0 bridgehead atoms. The fourth-order valence-corrected chi connectivity index (χ4v) is 1.85. The summed E-state index contributed by atoms with van der Waals surface area (Å²) in [7, 11) is 0. The third-order valence-corrected chi connectivity index (χ3v) is 3.79. The van der Waals surface area contributed by atoms with Crippen molar-refractivity contribution in [2.45, 2.75) is 46.5 Å². The summed E-state index contributed by atoms with van der Waals surface area (Å²) in [5.41, 5.74) is 1.60. The van der Waals surface area contributed by atoms with E-state index in [2.05, 4.69) is 44.8 Å². The Morgan fingerprint density at radius 1 is 1.29 bits per heavy atom. The molecule has 0 spiro atoms. The van der Waals surface area contributed by atoms with Gasteiger partial charge >= 0.3 is 0 Å². The van der Waals surface area contributed by atoms with Gasteiger partial charge in [0.25, 0.3) is 0 Å². The van der Waals surface area contributed by atoms with Crippen LogP contribution in [0.4, 0.5) is 0 Å². The van der Waals surface area contributed by atoms with E-state index in [1.54, 1.807) is 0 Å². The lowest BCUT2D eigenvalue weighted by molar-refractivity contribution is 0.240. The highest BCUT2D eigenvalue weighted by Gasteiger charge is 2.28. The zero-order valence-electron chi connectivity index (χ0n) is 9.75. The second-order valence-electron chi connectivity index (χ2n) is 4.34. The fraction of sp³-hybridized carbons (Fsp3) is 0.615. The molecule has 1 atom stereocenters. The predicted molar refractivity (Wildman–Crippen MR) is 61.3 cm³/mol. The molecule has 78 valence electrons. The van der Waals surface area contributed by atoms with Crippen LogP contribution in [0, 0.1) is 5.41 Å². The monoisotopic (exact) mass is 191 g/mol. The molecule has 0 aromatic carbocycles. The largest absolute Gasteiger partial charge is 0.261 e. The lowest BCUT2D eigenvalue weighted by Gasteiger charge is -2.33. The second-order valence-corrected chi connectivity index (χ2v) is 4.34. The first-order chi connectivity index (χ1) is 6.64. The van der Waals surface area contributed by atoms with Gasteiger partial charge in [-0.15, -0.1) is 0 Å². The molecule has 0 amide bonds. The topological polar surface area (TPSA) is 12.9 Å². The molecule has 0 fully saturated rings. The Morgan fingerprint density at radius 3 is 2.36 bits per heavy atom. The molecule has 0 aliphatic rings. The minimum atomic E-state index is 0.383. The highest BCUT2D eigenvalue weighted by Crippen LogP contribution is 2.40.